The van der Waals surface area contributed by atoms with Crippen LogP contribution in [0.3, 0.4) is 0 Å². The summed E-state index contributed by atoms with van der Waals surface area (Å²) in [5.74, 6) is 0.917. The number of aryl methyl sites for hydroxylation is 3. The van der Waals surface area contributed by atoms with Crippen LogP contribution in [-0.2, 0) is 0 Å². The van der Waals surface area contributed by atoms with Crippen LogP contribution in [0.4, 0.5) is 0 Å². The van der Waals surface area contributed by atoms with Crippen LogP contribution in [0.25, 0.3) is 6.08 Å². The molecule has 76 valence electrons. The first-order valence-corrected chi connectivity index (χ1v) is 5.63. The Morgan fingerprint density at radius 3 is 2.36 bits per heavy atom. The Hall–Kier alpha value is -0.690. The van der Waals surface area contributed by atoms with Crippen LogP contribution in [0.1, 0.15) is 28.7 Å². The zero-order chi connectivity index (χ0) is 10.6. The van der Waals surface area contributed by atoms with Gasteiger partial charge in [0.05, 0.1) is 0 Å². The average Bonchev–Trinajstić information content (AvgIpc) is 2.14. The largest absolute Gasteiger partial charge is 0.179 e. The van der Waals surface area contributed by atoms with Crippen molar-refractivity contribution in [2.24, 2.45) is 0 Å². The van der Waals surface area contributed by atoms with Crippen LogP contribution < -0.4 is 0 Å². The summed E-state index contributed by atoms with van der Waals surface area (Å²) in [6, 6.07) is 4.50. The highest BCUT2D eigenvalue weighted by molar-refractivity contribution is 7.80. The third-order valence-corrected chi connectivity index (χ3v) is 2.73. The topological polar surface area (TPSA) is 0 Å². The zero-order valence-electron chi connectivity index (χ0n) is 9.17. The molecule has 0 nitrogen and oxygen atoms in total. The molecule has 0 atom stereocenters. The van der Waals surface area contributed by atoms with Crippen LogP contribution in [-0.4, -0.2) is 5.75 Å². The first kappa shape index (κ1) is 11.4. The maximum atomic E-state index is 4.18. The van der Waals surface area contributed by atoms with Crippen LogP contribution in [0, 0.1) is 20.8 Å². The van der Waals surface area contributed by atoms with E-state index in [2.05, 4.69) is 57.7 Å². The molecule has 0 aliphatic carbocycles. The predicted octanol–water partition coefficient (Wildman–Crippen LogP) is 3.94. The van der Waals surface area contributed by atoms with Crippen molar-refractivity contribution in [2.45, 2.75) is 27.2 Å². The summed E-state index contributed by atoms with van der Waals surface area (Å²) in [5, 5.41) is 0. The summed E-state index contributed by atoms with van der Waals surface area (Å²) in [7, 11) is 0. The molecule has 0 aliphatic rings. The lowest BCUT2D eigenvalue weighted by molar-refractivity contribution is 1.25. The quantitative estimate of drug-likeness (QED) is 0.711. The molecule has 0 saturated carbocycles. The second-order valence-corrected chi connectivity index (χ2v) is 4.15. The molecule has 0 bridgehead atoms. The molecule has 1 aromatic carbocycles. The SMILES string of the molecule is Cc1cc(C)c(C=CCCS)cc1C. The van der Waals surface area contributed by atoms with Gasteiger partial charge in [-0.25, -0.2) is 0 Å². The lowest BCUT2D eigenvalue weighted by atomic mass is 10.0. The van der Waals surface area contributed by atoms with Crippen molar-refractivity contribution in [1.82, 2.24) is 0 Å². The highest BCUT2D eigenvalue weighted by Gasteiger charge is 1.97. The van der Waals surface area contributed by atoms with Crippen LogP contribution >= 0.6 is 12.6 Å². The fourth-order valence-electron chi connectivity index (χ4n) is 1.45. The second kappa shape index (κ2) is 5.26. The molecule has 0 heterocycles. The highest BCUT2D eigenvalue weighted by atomic mass is 32.1. The molecular formula is C13H18S. The van der Waals surface area contributed by atoms with Crippen molar-refractivity contribution in [2.75, 3.05) is 5.75 Å². The van der Waals surface area contributed by atoms with E-state index in [0.29, 0.717) is 0 Å². The Balaban J connectivity index is 2.92. The van der Waals surface area contributed by atoms with E-state index in [9.17, 15) is 0 Å². The van der Waals surface area contributed by atoms with Gasteiger partial charge in [-0.3, -0.25) is 0 Å². The standard InChI is InChI=1S/C13H18S/c1-10-8-12(3)13(9-11(10)2)6-4-5-7-14/h4,6,8-9,14H,5,7H2,1-3H3. The summed E-state index contributed by atoms with van der Waals surface area (Å²) < 4.78 is 0. The normalized spacial score (nSPS) is 11.1. The van der Waals surface area contributed by atoms with Gasteiger partial charge in [-0.15, -0.1) is 0 Å². The Morgan fingerprint density at radius 2 is 1.71 bits per heavy atom. The number of allylic oxidation sites excluding steroid dienone is 1. The second-order valence-electron chi connectivity index (χ2n) is 3.71. The first-order valence-electron chi connectivity index (χ1n) is 5.00. The number of benzene rings is 1. The van der Waals surface area contributed by atoms with Gasteiger partial charge in [0, 0.05) is 0 Å². The molecule has 0 aromatic heterocycles. The van der Waals surface area contributed by atoms with E-state index in [1.807, 2.05) is 0 Å². The fraction of sp³-hybridized carbons (Fsp3) is 0.385. The smallest absolute Gasteiger partial charge is 0.00632 e. The summed E-state index contributed by atoms with van der Waals surface area (Å²) in [5.41, 5.74) is 5.41. The number of rotatable bonds is 3. The molecule has 1 heteroatoms. The Kier molecular flexibility index (Phi) is 4.27. The summed E-state index contributed by atoms with van der Waals surface area (Å²) in [6.07, 6.45) is 5.41. The van der Waals surface area contributed by atoms with Crippen molar-refractivity contribution >= 4 is 18.7 Å². The van der Waals surface area contributed by atoms with Crippen LogP contribution in [0.2, 0.25) is 0 Å². The monoisotopic (exact) mass is 206 g/mol. The van der Waals surface area contributed by atoms with E-state index in [1.54, 1.807) is 0 Å². The molecule has 0 unspecified atom stereocenters. The molecule has 14 heavy (non-hydrogen) atoms. The average molecular weight is 206 g/mol. The van der Waals surface area contributed by atoms with Crippen LogP contribution in [0.5, 0.6) is 0 Å². The molecule has 0 spiro atoms. The third-order valence-electron chi connectivity index (χ3n) is 2.48. The van der Waals surface area contributed by atoms with Crippen molar-refractivity contribution in [3.8, 4) is 0 Å². The Bertz CT molecular complexity index is 337. The Labute approximate surface area is 92.5 Å². The van der Waals surface area contributed by atoms with E-state index in [-0.39, 0.29) is 0 Å². The van der Waals surface area contributed by atoms with E-state index in [4.69, 9.17) is 0 Å². The van der Waals surface area contributed by atoms with Crippen molar-refractivity contribution < 1.29 is 0 Å². The van der Waals surface area contributed by atoms with Crippen molar-refractivity contribution in [3.63, 3.8) is 0 Å². The lowest BCUT2D eigenvalue weighted by Gasteiger charge is -2.05. The lowest BCUT2D eigenvalue weighted by Crippen LogP contribution is -1.87. The van der Waals surface area contributed by atoms with Crippen molar-refractivity contribution in [1.29, 1.82) is 0 Å². The van der Waals surface area contributed by atoms with Gasteiger partial charge in [0.15, 0.2) is 0 Å². The number of hydrogen-bond acceptors (Lipinski definition) is 1. The fourth-order valence-corrected chi connectivity index (χ4v) is 1.60. The molecule has 1 rings (SSSR count). The summed E-state index contributed by atoms with van der Waals surface area (Å²) in [6.45, 7) is 6.47. The van der Waals surface area contributed by atoms with Gasteiger partial charge in [0.25, 0.3) is 0 Å². The maximum absolute atomic E-state index is 4.18. The zero-order valence-corrected chi connectivity index (χ0v) is 10.1. The molecule has 0 saturated heterocycles. The molecule has 1 aromatic rings. The van der Waals surface area contributed by atoms with E-state index >= 15 is 0 Å². The predicted molar refractivity (Wildman–Crippen MR) is 68.2 cm³/mol. The maximum Gasteiger partial charge on any atom is -0.00632 e. The molecule has 0 N–H and O–H groups in total. The highest BCUT2D eigenvalue weighted by Crippen LogP contribution is 2.16. The van der Waals surface area contributed by atoms with Gasteiger partial charge < -0.3 is 0 Å². The third kappa shape index (κ3) is 2.91. The molecular weight excluding hydrogens is 188 g/mol. The van der Waals surface area contributed by atoms with E-state index < -0.39 is 0 Å². The van der Waals surface area contributed by atoms with Crippen molar-refractivity contribution in [3.05, 3.63) is 40.5 Å². The molecule has 0 aliphatic heterocycles. The molecule has 0 radical (unpaired) electrons. The minimum Gasteiger partial charge on any atom is -0.179 e. The summed E-state index contributed by atoms with van der Waals surface area (Å²) >= 11 is 4.18. The number of thiol groups is 1. The van der Waals surface area contributed by atoms with Gasteiger partial charge in [0.2, 0.25) is 0 Å². The van der Waals surface area contributed by atoms with Gasteiger partial charge in [-0.2, -0.15) is 12.6 Å². The minimum absolute atomic E-state index is 0.917. The van der Waals surface area contributed by atoms with Gasteiger partial charge in [-0.1, -0.05) is 24.3 Å². The van der Waals surface area contributed by atoms with E-state index in [1.165, 1.54) is 22.3 Å². The van der Waals surface area contributed by atoms with Gasteiger partial charge in [-0.05, 0) is 55.2 Å². The van der Waals surface area contributed by atoms with Gasteiger partial charge in [0.1, 0.15) is 0 Å². The van der Waals surface area contributed by atoms with E-state index in [0.717, 1.165) is 12.2 Å². The minimum atomic E-state index is 0.917. The van der Waals surface area contributed by atoms with Gasteiger partial charge >= 0.3 is 0 Å². The first-order chi connectivity index (χ1) is 6.65. The molecule has 0 fully saturated rings. The number of hydrogen-bond donors (Lipinski definition) is 1. The molecule has 0 amide bonds. The Morgan fingerprint density at radius 1 is 1.07 bits per heavy atom. The summed E-state index contributed by atoms with van der Waals surface area (Å²) in [4.78, 5) is 0. The van der Waals surface area contributed by atoms with Crippen LogP contribution in [0.15, 0.2) is 18.2 Å².